The fourth-order valence-corrected chi connectivity index (χ4v) is 4.34. The minimum absolute atomic E-state index is 0.0138. The molecular weight excluding hydrogens is 388 g/mol. The lowest BCUT2D eigenvalue weighted by Crippen LogP contribution is -2.35. The number of ether oxygens (including phenoxy) is 1. The van der Waals surface area contributed by atoms with Crippen LogP contribution in [-0.4, -0.2) is 53.2 Å². The van der Waals surface area contributed by atoms with Crippen LogP contribution in [0.3, 0.4) is 0 Å². The van der Waals surface area contributed by atoms with Gasteiger partial charge in [-0.25, -0.2) is 0 Å². The second-order valence-corrected chi connectivity index (χ2v) is 8.27. The Balaban J connectivity index is 1.42. The zero-order valence-corrected chi connectivity index (χ0v) is 18.3. The highest BCUT2D eigenvalue weighted by Gasteiger charge is 2.28. The molecule has 1 aromatic heterocycles. The molecule has 0 radical (unpaired) electrons. The molecule has 162 valence electrons. The number of carbonyl (C=O) groups is 1. The lowest BCUT2D eigenvalue weighted by Gasteiger charge is -2.32. The number of hydrogen-bond donors (Lipinski definition) is 1. The molecule has 2 aromatic carbocycles. The summed E-state index contributed by atoms with van der Waals surface area (Å²) in [6, 6.07) is 18.3. The molecule has 6 nitrogen and oxygen atoms in total. The topological polar surface area (TPSA) is 61.5 Å². The molecule has 0 unspecified atom stereocenters. The first-order valence-corrected chi connectivity index (χ1v) is 10.8. The van der Waals surface area contributed by atoms with Gasteiger partial charge in [0.15, 0.2) is 0 Å². The zero-order valence-electron chi connectivity index (χ0n) is 18.3. The number of aromatic amines is 1. The molecule has 1 N–H and O–H groups in total. The van der Waals surface area contributed by atoms with Gasteiger partial charge in [-0.05, 0) is 42.6 Å². The molecule has 0 spiro atoms. The van der Waals surface area contributed by atoms with Crippen LogP contribution in [0.25, 0.3) is 0 Å². The molecule has 1 amide bonds. The normalized spacial score (nSPS) is 16.8. The highest BCUT2D eigenvalue weighted by atomic mass is 16.5. The smallest absolute Gasteiger partial charge is 0.257 e. The minimum atomic E-state index is 0.0138. The van der Waals surface area contributed by atoms with Crippen molar-refractivity contribution in [3.63, 3.8) is 0 Å². The van der Waals surface area contributed by atoms with E-state index in [-0.39, 0.29) is 11.8 Å². The van der Waals surface area contributed by atoms with Gasteiger partial charge in [0.2, 0.25) is 0 Å². The lowest BCUT2D eigenvalue weighted by atomic mass is 9.92. The Kier molecular flexibility index (Phi) is 6.67. The summed E-state index contributed by atoms with van der Waals surface area (Å²) in [6.07, 6.45) is 3.85. The van der Waals surface area contributed by atoms with Gasteiger partial charge in [0.25, 0.3) is 5.91 Å². The van der Waals surface area contributed by atoms with E-state index in [9.17, 15) is 4.79 Å². The number of methoxy groups -OCH3 is 1. The molecule has 2 heterocycles. The molecule has 3 aromatic rings. The summed E-state index contributed by atoms with van der Waals surface area (Å²) in [5, 5.41) is 7.36. The van der Waals surface area contributed by atoms with Gasteiger partial charge in [-0.3, -0.25) is 14.8 Å². The second kappa shape index (κ2) is 9.79. The molecule has 0 aliphatic carbocycles. The number of aromatic nitrogens is 2. The van der Waals surface area contributed by atoms with E-state index in [2.05, 4.69) is 27.2 Å². The van der Waals surface area contributed by atoms with Crippen LogP contribution in [-0.2, 0) is 13.1 Å². The molecule has 1 fully saturated rings. The van der Waals surface area contributed by atoms with Crippen molar-refractivity contribution in [2.45, 2.75) is 31.8 Å². The molecule has 1 atom stereocenters. The van der Waals surface area contributed by atoms with Crippen molar-refractivity contribution in [2.75, 3.05) is 27.2 Å². The maximum absolute atomic E-state index is 13.1. The van der Waals surface area contributed by atoms with Crippen LogP contribution in [0.15, 0.2) is 60.8 Å². The summed E-state index contributed by atoms with van der Waals surface area (Å²) in [5.74, 6) is 1.17. The van der Waals surface area contributed by atoms with E-state index < -0.39 is 0 Å². The quantitative estimate of drug-likeness (QED) is 0.628. The maximum Gasteiger partial charge on any atom is 0.257 e. The third kappa shape index (κ3) is 5.14. The molecule has 6 heteroatoms. The van der Waals surface area contributed by atoms with Crippen LogP contribution in [0.5, 0.6) is 5.75 Å². The first kappa shape index (κ1) is 21.1. The molecule has 4 rings (SSSR count). The molecule has 0 bridgehead atoms. The van der Waals surface area contributed by atoms with Gasteiger partial charge in [0, 0.05) is 32.6 Å². The molecule has 31 heavy (non-hydrogen) atoms. The Morgan fingerprint density at radius 1 is 1.16 bits per heavy atom. The summed E-state index contributed by atoms with van der Waals surface area (Å²) >= 11 is 0. The number of piperidine rings is 1. The predicted molar refractivity (Wildman–Crippen MR) is 121 cm³/mol. The van der Waals surface area contributed by atoms with E-state index in [1.54, 1.807) is 18.2 Å². The highest BCUT2D eigenvalue weighted by Crippen LogP contribution is 2.29. The van der Waals surface area contributed by atoms with Gasteiger partial charge >= 0.3 is 0 Å². The van der Waals surface area contributed by atoms with Crippen LogP contribution >= 0.6 is 0 Å². The van der Waals surface area contributed by atoms with Crippen LogP contribution in [0.1, 0.15) is 45.9 Å². The number of carbonyl (C=O) groups excluding carboxylic acids is 1. The van der Waals surface area contributed by atoms with Crippen molar-refractivity contribution < 1.29 is 9.53 Å². The predicted octanol–water partition coefficient (Wildman–Crippen LogP) is 4.07. The summed E-state index contributed by atoms with van der Waals surface area (Å²) < 4.78 is 5.26. The number of amides is 1. The Bertz CT molecular complexity index is 984. The third-order valence-corrected chi connectivity index (χ3v) is 5.99. The Labute approximate surface area is 183 Å². The van der Waals surface area contributed by atoms with Crippen LogP contribution < -0.4 is 4.74 Å². The monoisotopic (exact) mass is 418 g/mol. The standard InChI is InChI=1S/C25H30N4O2/c1-28(16-19-7-4-3-5-8-19)25(30)23-15-26-27-24(23)21-9-6-14-29(18-21)17-20-10-12-22(31-2)13-11-20/h3-5,7-8,10-13,15,21H,6,9,14,16-18H2,1-2H3,(H,26,27)/t21-/m1/s1. The fourth-order valence-electron chi connectivity index (χ4n) is 4.34. The Morgan fingerprint density at radius 3 is 2.68 bits per heavy atom. The second-order valence-electron chi connectivity index (χ2n) is 8.27. The summed E-state index contributed by atoms with van der Waals surface area (Å²) in [6.45, 7) is 3.45. The SMILES string of the molecule is COc1ccc(CN2CCC[C@@H](c3[nH]ncc3C(=O)N(C)Cc3ccccc3)C2)cc1. The number of benzene rings is 2. The van der Waals surface area contributed by atoms with Crippen molar-refractivity contribution in [3.8, 4) is 5.75 Å². The molecule has 1 saturated heterocycles. The van der Waals surface area contributed by atoms with Crippen molar-refractivity contribution in [2.24, 2.45) is 0 Å². The summed E-state index contributed by atoms with van der Waals surface area (Å²) in [4.78, 5) is 17.4. The maximum atomic E-state index is 13.1. The molecular formula is C25H30N4O2. The summed E-state index contributed by atoms with van der Waals surface area (Å²) in [5.41, 5.74) is 4.04. The molecule has 0 saturated carbocycles. The van der Waals surface area contributed by atoms with Gasteiger partial charge in [-0.15, -0.1) is 0 Å². The average molecular weight is 419 g/mol. The van der Waals surface area contributed by atoms with Crippen molar-refractivity contribution in [1.82, 2.24) is 20.0 Å². The number of nitrogens with one attached hydrogen (secondary N) is 1. The molecule has 1 aliphatic heterocycles. The first-order chi connectivity index (χ1) is 15.1. The van der Waals surface area contributed by atoms with Gasteiger partial charge in [0.05, 0.1) is 24.6 Å². The minimum Gasteiger partial charge on any atom is -0.497 e. The number of hydrogen-bond acceptors (Lipinski definition) is 4. The average Bonchev–Trinajstić information content (AvgIpc) is 3.30. The van der Waals surface area contributed by atoms with E-state index in [0.29, 0.717) is 12.1 Å². The van der Waals surface area contributed by atoms with Crippen LogP contribution in [0, 0.1) is 0 Å². The van der Waals surface area contributed by atoms with Gasteiger partial charge in [-0.1, -0.05) is 42.5 Å². The van der Waals surface area contributed by atoms with E-state index >= 15 is 0 Å². The van der Waals surface area contributed by atoms with E-state index in [1.807, 2.05) is 49.5 Å². The fraction of sp³-hybridized carbons (Fsp3) is 0.360. The van der Waals surface area contributed by atoms with Gasteiger partial charge in [0.1, 0.15) is 5.75 Å². The summed E-state index contributed by atoms with van der Waals surface area (Å²) in [7, 11) is 3.54. The zero-order chi connectivity index (χ0) is 21.6. The molecule has 1 aliphatic rings. The van der Waals surface area contributed by atoms with Gasteiger partial charge < -0.3 is 9.64 Å². The number of likely N-dealkylation sites (tertiary alicyclic amines) is 1. The Morgan fingerprint density at radius 2 is 1.94 bits per heavy atom. The first-order valence-electron chi connectivity index (χ1n) is 10.8. The third-order valence-electron chi connectivity index (χ3n) is 5.99. The number of rotatable bonds is 7. The van der Waals surface area contributed by atoms with E-state index in [4.69, 9.17) is 4.74 Å². The van der Waals surface area contributed by atoms with E-state index in [1.165, 1.54) is 5.56 Å². The number of nitrogens with zero attached hydrogens (tertiary/aromatic N) is 3. The van der Waals surface area contributed by atoms with Crippen molar-refractivity contribution in [1.29, 1.82) is 0 Å². The van der Waals surface area contributed by atoms with E-state index in [0.717, 1.165) is 49.5 Å². The van der Waals surface area contributed by atoms with Crippen LogP contribution in [0.4, 0.5) is 0 Å². The largest absolute Gasteiger partial charge is 0.497 e. The van der Waals surface area contributed by atoms with Crippen molar-refractivity contribution >= 4 is 5.91 Å². The van der Waals surface area contributed by atoms with Crippen molar-refractivity contribution in [3.05, 3.63) is 83.2 Å². The lowest BCUT2D eigenvalue weighted by molar-refractivity contribution is 0.0782. The highest BCUT2D eigenvalue weighted by molar-refractivity contribution is 5.95. The van der Waals surface area contributed by atoms with Gasteiger partial charge in [-0.2, -0.15) is 5.10 Å². The number of H-pyrrole nitrogens is 1. The Hall–Kier alpha value is -3.12. The van der Waals surface area contributed by atoms with Crippen LogP contribution in [0.2, 0.25) is 0 Å².